The second-order valence-electron chi connectivity index (χ2n) is 7.33. The Morgan fingerprint density at radius 1 is 1.14 bits per heavy atom. The van der Waals surface area contributed by atoms with Crippen molar-refractivity contribution in [3.63, 3.8) is 0 Å². The fourth-order valence-electron chi connectivity index (χ4n) is 3.99. The Kier molecular flexibility index (Phi) is 7.83. The Bertz CT molecular complexity index is 692. The van der Waals surface area contributed by atoms with E-state index in [4.69, 9.17) is 5.73 Å². The van der Waals surface area contributed by atoms with Crippen LogP contribution in [0.15, 0.2) is 30.3 Å². The molecule has 0 radical (unpaired) electrons. The molecule has 2 fully saturated rings. The van der Waals surface area contributed by atoms with E-state index in [9.17, 15) is 14.4 Å². The number of hydrogen-bond acceptors (Lipinski definition) is 4. The van der Waals surface area contributed by atoms with Crippen molar-refractivity contribution in [1.29, 1.82) is 0 Å². The topological polar surface area (TPSA) is 95.7 Å². The van der Waals surface area contributed by atoms with Crippen molar-refractivity contribution in [2.75, 3.05) is 26.2 Å². The maximum Gasteiger partial charge on any atom is 0.325 e. The molecule has 1 aromatic carbocycles. The first-order chi connectivity index (χ1) is 13.1. The van der Waals surface area contributed by atoms with Gasteiger partial charge in [-0.1, -0.05) is 43.2 Å². The smallest absolute Gasteiger partial charge is 0.325 e. The molecule has 0 atom stereocenters. The molecule has 0 bridgehead atoms. The highest BCUT2D eigenvalue weighted by Gasteiger charge is 2.52. The SMILES string of the molecule is Cl.NCCN(CCc1ccccc1)C(=O)CCN1C(=O)NC2(CCCC2)C1=O. The summed E-state index contributed by atoms with van der Waals surface area (Å²) in [6.07, 6.45) is 4.16. The standard InChI is InChI=1S/C20H28N4O3.ClH/c21-12-15-23(13-8-16-6-2-1-3-7-16)17(25)9-14-24-18(26)20(22-19(24)27)10-4-5-11-20;/h1-3,6-7H,4-5,8-15,21H2,(H,22,27);1H. The van der Waals surface area contributed by atoms with E-state index in [1.165, 1.54) is 4.90 Å². The van der Waals surface area contributed by atoms with Crippen LogP contribution in [0.1, 0.15) is 37.7 Å². The second kappa shape index (κ2) is 9.89. The van der Waals surface area contributed by atoms with E-state index in [1.54, 1.807) is 4.90 Å². The quantitative estimate of drug-likeness (QED) is 0.640. The van der Waals surface area contributed by atoms with Crippen LogP contribution in [0.2, 0.25) is 0 Å². The summed E-state index contributed by atoms with van der Waals surface area (Å²) < 4.78 is 0. The summed E-state index contributed by atoms with van der Waals surface area (Å²) in [7, 11) is 0. The molecule has 1 saturated heterocycles. The molecular weight excluding hydrogens is 380 g/mol. The number of urea groups is 1. The summed E-state index contributed by atoms with van der Waals surface area (Å²) in [5.41, 5.74) is 6.09. The predicted octanol–water partition coefficient (Wildman–Crippen LogP) is 1.69. The molecule has 1 aliphatic heterocycles. The van der Waals surface area contributed by atoms with E-state index in [1.807, 2.05) is 30.3 Å². The van der Waals surface area contributed by atoms with Crippen molar-refractivity contribution in [3.8, 4) is 0 Å². The van der Waals surface area contributed by atoms with Gasteiger partial charge in [-0.2, -0.15) is 0 Å². The average molecular weight is 409 g/mol. The van der Waals surface area contributed by atoms with Crippen LogP contribution in [0, 0.1) is 0 Å². The fraction of sp³-hybridized carbons (Fsp3) is 0.550. The lowest BCUT2D eigenvalue weighted by Gasteiger charge is -2.24. The summed E-state index contributed by atoms with van der Waals surface area (Å²) in [6.45, 7) is 1.55. The number of nitrogens with zero attached hydrogens (tertiary/aromatic N) is 2. The zero-order valence-corrected chi connectivity index (χ0v) is 16.9. The molecule has 3 N–H and O–H groups in total. The summed E-state index contributed by atoms with van der Waals surface area (Å²) in [5, 5.41) is 2.85. The Labute approximate surface area is 172 Å². The zero-order valence-electron chi connectivity index (χ0n) is 16.1. The number of hydrogen-bond donors (Lipinski definition) is 2. The highest BCUT2D eigenvalue weighted by Crippen LogP contribution is 2.35. The normalized spacial score (nSPS) is 17.5. The van der Waals surface area contributed by atoms with E-state index >= 15 is 0 Å². The van der Waals surface area contributed by atoms with Crippen molar-refractivity contribution >= 4 is 30.3 Å². The van der Waals surface area contributed by atoms with Crippen molar-refractivity contribution in [2.24, 2.45) is 5.73 Å². The van der Waals surface area contributed by atoms with Crippen LogP contribution in [-0.4, -0.2) is 59.4 Å². The van der Waals surface area contributed by atoms with Crippen molar-refractivity contribution in [3.05, 3.63) is 35.9 Å². The number of imide groups is 1. The molecule has 28 heavy (non-hydrogen) atoms. The first kappa shape index (κ1) is 22.2. The molecule has 1 aromatic rings. The Balaban J connectivity index is 0.00000280. The molecule has 1 saturated carbocycles. The molecule has 0 unspecified atom stereocenters. The van der Waals surface area contributed by atoms with Gasteiger partial charge >= 0.3 is 6.03 Å². The number of nitrogens with two attached hydrogens (primary N) is 1. The minimum atomic E-state index is -0.718. The fourth-order valence-corrected chi connectivity index (χ4v) is 3.99. The number of nitrogens with one attached hydrogen (secondary N) is 1. The number of benzene rings is 1. The lowest BCUT2D eigenvalue weighted by atomic mass is 9.98. The third-order valence-electron chi connectivity index (χ3n) is 5.52. The van der Waals surface area contributed by atoms with Gasteiger partial charge in [-0.15, -0.1) is 12.4 Å². The van der Waals surface area contributed by atoms with Crippen LogP contribution in [0.3, 0.4) is 0 Å². The summed E-state index contributed by atoms with van der Waals surface area (Å²) in [5.74, 6) is -0.253. The first-order valence-corrected chi connectivity index (χ1v) is 9.72. The molecule has 2 aliphatic rings. The number of amides is 4. The second-order valence-corrected chi connectivity index (χ2v) is 7.33. The third kappa shape index (κ3) is 4.83. The molecule has 8 heteroatoms. The molecule has 3 rings (SSSR count). The van der Waals surface area contributed by atoms with Crippen LogP contribution >= 0.6 is 12.4 Å². The highest BCUT2D eigenvalue weighted by molar-refractivity contribution is 6.07. The van der Waals surface area contributed by atoms with Gasteiger partial charge in [0, 0.05) is 32.6 Å². The Hall–Kier alpha value is -2.12. The number of carbonyl (C=O) groups is 3. The van der Waals surface area contributed by atoms with Crippen molar-refractivity contribution in [2.45, 2.75) is 44.1 Å². The van der Waals surface area contributed by atoms with Gasteiger partial charge in [0.2, 0.25) is 5.91 Å². The van der Waals surface area contributed by atoms with Crippen LogP contribution in [-0.2, 0) is 16.0 Å². The van der Waals surface area contributed by atoms with Crippen LogP contribution in [0.25, 0.3) is 0 Å². The maximum absolute atomic E-state index is 12.7. The molecule has 1 spiro atoms. The minimum absolute atomic E-state index is 0. The van der Waals surface area contributed by atoms with Crippen LogP contribution < -0.4 is 11.1 Å². The van der Waals surface area contributed by atoms with Gasteiger partial charge in [0.25, 0.3) is 5.91 Å². The summed E-state index contributed by atoms with van der Waals surface area (Å²) in [6, 6.07) is 9.59. The van der Waals surface area contributed by atoms with Crippen LogP contribution in [0.4, 0.5) is 4.79 Å². The lowest BCUT2D eigenvalue weighted by Crippen LogP contribution is -2.44. The van der Waals surface area contributed by atoms with E-state index in [2.05, 4.69) is 5.32 Å². The Morgan fingerprint density at radius 3 is 2.46 bits per heavy atom. The predicted molar refractivity (Wildman–Crippen MR) is 109 cm³/mol. The van der Waals surface area contributed by atoms with E-state index in [-0.39, 0.29) is 43.2 Å². The van der Waals surface area contributed by atoms with Gasteiger partial charge in [-0.25, -0.2) is 4.79 Å². The third-order valence-corrected chi connectivity index (χ3v) is 5.52. The van der Waals surface area contributed by atoms with Gasteiger partial charge in [-0.05, 0) is 24.8 Å². The first-order valence-electron chi connectivity index (χ1n) is 9.72. The minimum Gasteiger partial charge on any atom is -0.341 e. The van der Waals surface area contributed by atoms with Crippen LogP contribution in [0.5, 0.6) is 0 Å². The number of rotatable bonds is 8. The molecule has 154 valence electrons. The van der Waals surface area contributed by atoms with Gasteiger partial charge < -0.3 is 16.0 Å². The largest absolute Gasteiger partial charge is 0.341 e. The van der Waals surface area contributed by atoms with Gasteiger partial charge in [0.05, 0.1) is 0 Å². The molecule has 4 amide bonds. The van der Waals surface area contributed by atoms with Crippen molar-refractivity contribution < 1.29 is 14.4 Å². The van der Waals surface area contributed by atoms with E-state index in [0.29, 0.717) is 32.5 Å². The van der Waals surface area contributed by atoms with Gasteiger partial charge in [-0.3, -0.25) is 14.5 Å². The van der Waals surface area contributed by atoms with Crippen molar-refractivity contribution in [1.82, 2.24) is 15.1 Å². The zero-order chi connectivity index (χ0) is 19.3. The number of halogens is 1. The Morgan fingerprint density at radius 2 is 1.82 bits per heavy atom. The molecule has 1 heterocycles. The molecule has 7 nitrogen and oxygen atoms in total. The van der Waals surface area contributed by atoms with E-state index in [0.717, 1.165) is 24.8 Å². The summed E-state index contributed by atoms with van der Waals surface area (Å²) >= 11 is 0. The van der Waals surface area contributed by atoms with Gasteiger partial charge in [0.15, 0.2) is 0 Å². The van der Waals surface area contributed by atoms with Gasteiger partial charge in [0.1, 0.15) is 5.54 Å². The van der Waals surface area contributed by atoms with E-state index < -0.39 is 5.54 Å². The molecular formula is C20H29ClN4O3. The average Bonchev–Trinajstić information content (AvgIpc) is 3.23. The highest BCUT2D eigenvalue weighted by atomic mass is 35.5. The lowest BCUT2D eigenvalue weighted by molar-refractivity contribution is -0.133. The molecule has 0 aromatic heterocycles. The molecule has 1 aliphatic carbocycles. The maximum atomic E-state index is 12.7. The monoisotopic (exact) mass is 408 g/mol. The number of carbonyl (C=O) groups excluding carboxylic acids is 3. The summed E-state index contributed by atoms with van der Waals surface area (Å²) in [4.78, 5) is 40.4.